The highest BCUT2D eigenvalue weighted by molar-refractivity contribution is 5.99. The molecular formula is C31H42N8O5. The van der Waals surface area contributed by atoms with Crippen molar-refractivity contribution in [2.24, 2.45) is 0 Å². The molecule has 0 fully saturated rings. The van der Waals surface area contributed by atoms with E-state index in [9.17, 15) is 14.7 Å². The van der Waals surface area contributed by atoms with E-state index in [0.717, 1.165) is 6.54 Å². The number of hydrogen-bond acceptors (Lipinski definition) is 11. The fraction of sp³-hybridized carbons (Fsp3) is 0.387. The first-order chi connectivity index (χ1) is 21.1. The molecule has 2 aromatic heterocycles. The summed E-state index contributed by atoms with van der Waals surface area (Å²) in [7, 11) is 3.58. The first-order valence-electron chi connectivity index (χ1n) is 14.3. The Morgan fingerprint density at radius 1 is 1.02 bits per heavy atom. The van der Waals surface area contributed by atoms with Crippen LogP contribution in [0.2, 0.25) is 0 Å². The summed E-state index contributed by atoms with van der Waals surface area (Å²) in [5.74, 6) is 0.382. The van der Waals surface area contributed by atoms with Crippen molar-refractivity contribution in [3.63, 3.8) is 0 Å². The van der Waals surface area contributed by atoms with Gasteiger partial charge in [0.05, 0.1) is 38.5 Å². The van der Waals surface area contributed by atoms with Gasteiger partial charge in [-0.25, -0.2) is 9.97 Å². The molecule has 0 saturated carbocycles. The molecule has 0 unspecified atom stereocenters. The van der Waals surface area contributed by atoms with Gasteiger partial charge in [-0.1, -0.05) is 12.1 Å². The highest BCUT2D eigenvalue weighted by Gasteiger charge is 2.20. The minimum Gasteiger partial charge on any atom is -0.384 e. The fourth-order valence-corrected chi connectivity index (χ4v) is 3.79. The van der Waals surface area contributed by atoms with Gasteiger partial charge in [0.25, 0.3) is 5.91 Å². The maximum Gasteiger partial charge on any atom is 0.256 e. The normalized spacial score (nSPS) is 11.1. The lowest BCUT2D eigenvalue weighted by molar-refractivity contribution is -0.119. The van der Waals surface area contributed by atoms with Gasteiger partial charge < -0.3 is 40.7 Å². The van der Waals surface area contributed by atoms with E-state index in [0.29, 0.717) is 49.3 Å². The van der Waals surface area contributed by atoms with Crippen molar-refractivity contribution in [3.8, 4) is 0 Å². The number of nitrogens with zero attached hydrogens (tertiary/aromatic N) is 4. The van der Waals surface area contributed by atoms with Crippen LogP contribution in [0.3, 0.4) is 0 Å². The van der Waals surface area contributed by atoms with Crippen molar-refractivity contribution >= 4 is 40.8 Å². The van der Waals surface area contributed by atoms with Crippen LogP contribution < -0.4 is 26.2 Å². The number of nitrogens with one attached hydrogen (secondary N) is 4. The SMILES string of the molecule is C=CCNC(=O)c1cnc(Nc2ccc(N(C)C(=O)CCOCCOCCNC)cc2)nc1Nc1cccc(C(C)(C)O)n1. The molecule has 5 N–H and O–H groups in total. The quantitative estimate of drug-likeness (QED) is 0.107. The zero-order valence-corrected chi connectivity index (χ0v) is 25.7. The first kappa shape index (κ1) is 34.1. The van der Waals surface area contributed by atoms with Gasteiger partial charge in [-0.3, -0.25) is 9.59 Å². The van der Waals surface area contributed by atoms with Crippen LogP contribution >= 0.6 is 0 Å². The number of carbonyl (C=O) groups excluding carboxylic acids is 2. The predicted molar refractivity (Wildman–Crippen MR) is 171 cm³/mol. The van der Waals surface area contributed by atoms with Gasteiger partial charge in [-0.15, -0.1) is 6.58 Å². The minimum atomic E-state index is -1.15. The standard InChI is InChI=1S/C31H42N8O5/c1-6-15-33-29(41)24-21-34-30(38-28(24)37-26-9-7-8-25(36-26)31(2,3)42)35-22-10-12-23(13-11-22)39(5)27(40)14-17-43-19-20-44-18-16-32-4/h6-13,21,32,42H,1,14-20H2,2-5H3,(H,33,41)(H2,34,35,36,37,38). The number of pyridine rings is 1. The molecule has 0 atom stereocenters. The molecule has 0 radical (unpaired) electrons. The Hall–Kier alpha value is -4.43. The number of aliphatic hydroxyl groups is 1. The monoisotopic (exact) mass is 606 g/mol. The smallest absolute Gasteiger partial charge is 0.256 e. The molecule has 2 amide bonds. The average Bonchev–Trinajstić information content (AvgIpc) is 3.01. The molecule has 0 aliphatic carbocycles. The van der Waals surface area contributed by atoms with Gasteiger partial charge in [0.2, 0.25) is 11.9 Å². The molecule has 0 bridgehead atoms. The summed E-state index contributed by atoms with van der Waals surface area (Å²) in [5.41, 5.74) is 0.891. The summed E-state index contributed by atoms with van der Waals surface area (Å²) >= 11 is 0. The second-order valence-electron chi connectivity index (χ2n) is 10.2. The highest BCUT2D eigenvalue weighted by atomic mass is 16.5. The van der Waals surface area contributed by atoms with Crippen LogP contribution in [0, 0.1) is 0 Å². The van der Waals surface area contributed by atoms with Crippen LogP contribution in [-0.2, 0) is 19.9 Å². The number of amides is 2. The number of benzene rings is 1. The molecule has 44 heavy (non-hydrogen) atoms. The number of ether oxygens (including phenoxy) is 2. The number of anilines is 5. The number of hydrogen-bond donors (Lipinski definition) is 5. The van der Waals surface area contributed by atoms with Crippen LogP contribution in [0.5, 0.6) is 0 Å². The zero-order chi connectivity index (χ0) is 32.0. The number of carbonyl (C=O) groups is 2. The summed E-state index contributed by atoms with van der Waals surface area (Å²) in [5, 5.41) is 22.3. The topological polar surface area (TPSA) is 163 Å². The van der Waals surface area contributed by atoms with Crippen LogP contribution in [0.25, 0.3) is 0 Å². The molecule has 0 aliphatic rings. The first-order valence-corrected chi connectivity index (χ1v) is 14.3. The van der Waals surface area contributed by atoms with Crippen LogP contribution in [-0.4, -0.2) is 85.5 Å². The van der Waals surface area contributed by atoms with Crippen LogP contribution in [0.4, 0.5) is 29.0 Å². The van der Waals surface area contributed by atoms with Gasteiger partial charge in [0, 0.05) is 37.7 Å². The molecule has 13 heteroatoms. The van der Waals surface area contributed by atoms with E-state index in [1.807, 2.05) is 7.05 Å². The zero-order valence-electron chi connectivity index (χ0n) is 25.7. The van der Waals surface area contributed by atoms with Crippen LogP contribution in [0.1, 0.15) is 36.3 Å². The van der Waals surface area contributed by atoms with Gasteiger partial charge in [0.15, 0.2) is 0 Å². The Morgan fingerprint density at radius 2 is 1.75 bits per heavy atom. The Bertz CT molecular complexity index is 1380. The summed E-state index contributed by atoms with van der Waals surface area (Å²) in [4.78, 5) is 40.3. The third kappa shape index (κ3) is 10.7. The molecule has 0 saturated heterocycles. The van der Waals surface area contributed by atoms with E-state index in [1.165, 1.54) is 6.20 Å². The Balaban J connectivity index is 1.66. The largest absolute Gasteiger partial charge is 0.384 e. The van der Waals surface area contributed by atoms with E-state index in [1.54, 1.807) is 74.3 Å². The Kier molecular flexibility index (Phi) is 13.2. The lowest BCUT2D eigenvalue weighted by atomic mass is 10.1. The summed E-state index contributed by atoms with van der Waals surface area (Å²) in [6.07, 6.45) is 3.23. The van der Waals surface area contributed by atoms with Gasteiger partial charge in [0.1, 0.15) is 22.8 Å². The maximum atomic E-state index is 12.8. The third-order valence-corrected chi connectivity index (χ3v) is 6.28. The molecule has 3 aromatic rings. The van der Waals surface area contributed by atoms with Crippen molar-refractivity contribution < 1.29 is 24.2 Å². The number of rotatable bonds is 18. The molecule has 0 spiro atoms. The lowest BCUT2D eigenvalue weighted by Gasteiger charge is -2.18. The molecule has 1 aromatic carbocycles. The fourth-order valence-electron chi connectivity index (χ4n) is 3.79. The molecule has 0 aliphatic heterocycles. The van der Waals surface area contributed by atoms with Crippen molar-refractivity contribution in [2.45, 2.75) is 25.9 Å². The highest BCUT2D eigenvalue weighted by Crippen LogP contribution is 2.24. The molecular weight excluding hydrogens is 564 g/mol. The number of likely N-dealkylation sites (N-methyl/N-ethyl adjacent to an activating group) is 1. The van der Waals surface area contributed by atoms with Gasteiger partial charge in [-0.2, -0.15) is 4.98 Å². The van der Waals surface area contributed by atoms with Gasteiger partial charge in [-0.05, 0) is 57.3 Å². The predicted octanol–water partition coefficient (Wildman–Crippen LogP) is 3.11. The molecule has 13 nitrogen and oxygen atoms in total. The second-order valence-corrected chi connectivity index (χ2v) is 10.2. The van der Waals surface area contributed by atoms with E-state index < -0.39 is 11.5 Å². The third-order valence-electron chi connectivity index (χ3n) is 6.28. The van der Waals surface area contributed by atoms with E-state index >= 15 is 0 Å². The molecule has 236 valence electrons. The second kappa shape index (κ2) is 17.0. The van der Waals surface area contributed by atoms with Crippen molar-refractivity contribution in [2.75, 3.05) is 69.1 Å². The summed E-state index contributed by atoms with van der Waals surface area (Å²) in [6.45, 7) is 9.80. The molecule has 2 heterocycles. The van der Waals surface area contributed by atoms with Crippen LogP contribution in [0.15, 0.2) is 61.3 Å². The number of aromatic nitrogens is 3. The molecule has 3 rings (SSSR count). The van der Waals surface area contributed by atoms with E-state index in [4.69, 9.17) is 9.47 Å². The summed E-state index contributed by atoms with van der Waals surface area (Å²) < 4.78 is 10.9. The van der Waals surface area contributed by atoms with Gasteiger partial charge >= 0.3 is 0 Å². The van der Waals surface area contributed by atoms with E-state index in [2.05, 4.69) is 42.8 Å². The minimum absolute atomic E-state index is 0.0755. The van der Waals surface area contributed by atoms with Crippen molar-refractivity contribution in [1.29, 1.82) is 0 Å². The van der Waals surface area contributed by atoms with Crippen molar-refractivity contribution in [3.05, 3.63) is 72.6 Å². The van der Waals surface area contributed by atoms with E-state index in [-0.39, 0.29) is 36.2 Å². The lowest BCUT2D eigenvalue weighted by Crippen LogP contribution is -2.27. The maximum absolute atomic E-state index is 12.8. The Labute approximate surface area is 258 Å². The average molecular weight is 607 g/mol. The Morgan fingerprint density at radius 3 is 2.43 bits per heavy atom. The van der Waals surface area contributed by atoms with Crippen molar-refractivity contribution in [1.82, 2.24) is 25.6 Å². The summed E-state index contributed by atoms with van der Waals surface area (Å²) in [6, 6.07) is 12.4.